The summed E-state index contributed by atoms with van der Waals surface area (Å²) < 4.78 is 44.7. The van der Waals surface area contributed by atoms with E-state index in [1.807, 2.05) is 20.8 Å². The SMILES string of the molecule is COC(C)(c1ccc2cc(C(=O)C(C)(C)C)ccc2c1)C(F)(F)F. The summed E-state index contributed by atoms with van der Waals surface area (Å²) in [7, 11) is 1.04. The number of ketones is 1. The van der Waals surface area contributed by atoms with Crippen molar-refractivity contribution in [2.75, 3.05) is 7.11 Å². The standard InChI is InChI=1S/C19H21F3O2/c1-17(2,3)16(23)14-7-6-13-11-15(9-8-12(13)10-14)18(4,24-5)19(20,21)22/h6-11H,1-5H3. The molecule has 0 radical (unpaired) electrons. The highest BCUT2D eigenvalue weighted by molar-refractivity contribution is 6.02. The summed E-state index contributed by atoms with van der Waals surface area (Å²) in [5.41, 5.74) is -2.31. The molecule has 0 aliphatic carbocycles. The fourth-order valence-corrected chi connectivity index (χ4v) is 2.51. The van der Waals surface area contributed by atoms with E-state index >= 15 is 0 Å². The van der Waals surface area contributed by atoms with Crippen LogP contribution in [0.25, 0.3) is 10.8 Å². The summed E-state index contributed by atoms with van der Waals surface area (Å²) in [4.78, 5) is 12.3. The Labute approximate surface area is 139 Å². The number of methoxy groups -OCH3 is 1. The van der Waals surface area contributed by atoms with Gasteiger partial charge in [0, 0.05) is 18.1 Å². The molecule has 2 aromatic carbocycles. The average molecular weight is 338 g/mol. The van der Waals surface area contributed by atoms with E-state index in [2.05, 4.69) is 0 Å². The third-order valence-electron chi connectivity index (χ3n) is 4.28. The molecule has 0 aromatic heterocycles. The lowest BCUT2D eigenvalue weighted by Gasteiger charge is -2.31. The van der Waals surface area contributed by atoms with E-state index in [0.29, 0.717) is 10.9 Å². The molecule has 0 spiro atoms. The molecule has 0 N–H and O–H groups in total. The minimum Gasteiger partial charge on any atom is -0.364 e. The van der Waals surface area contributed by atoms with Gasteiger partial charge in [-0.05, 0) is 35.4 Å². The third-order valence-corrected chi connectivity index (χ3v) is 4.28. The third kappa shape index (κ3) is 3.18. The highest BCUT2D eigenvalue weighted by Crippen LogP contribution is 2.42. The lowest BCUT2D eigenvalue weighted by molar-refractivity contribution is -0.269. The molecule has 5 heteroatoms. The molecular formula is C19H21F3O2. The van der Waals surface area contributed by atoms with Crippen molar-refractivity contribution in [3.05, 3.63) is 47.5 Å². The van der Waals surface area contributed by atoms with E-state index in [-0.39, 0.29) is 11.3 Å². The van der Waals surface area contributed by atoms with Crippen LogP contribution in [0.3, 0.4) is 0 Å². The quantitative estimate of drug-likeness (QED) is 0.692. The zero-order valence-corrected chi connectivity index (χ0v) is 14.4. The maximum atomic E-state index is 13.3. The molecule has 1 unspecified atom stereocenters. The van der Waals surface area contributed by atoms with Crippen molar-refractivity contribution < 1.29 is 22.7 Å². The highest BCUT2D eigenvalue weighted by atomic mass is 19.4. The van der Waals surface area contributed by atoms with Crippen LogP contribution in [0, 0.1) is 5.41 Å². The second-order valence-electron chi connectivity index (χ2n) is 7.09. The first kappa shape index (κ1) is 18.5. The summed E-state index contributed by atoms with van der Waals surface area (Å²) in [6.45, 7) is 6.49. The van der Waals surface area contributed by atoms with E-state index in [9.17, 15) is 18.0 Å². The Morgan fingerprint density at radius 2 is 1.46 bits per heavy atom. The molecule has 0 heterocycles. The van der Waals surface area contributed by atoms with Crippen molar-refractivity contribution in [1.82, 2.24) is 0 Å². The highest BCUT2D eigenvalue weighted by Gasteiger charge is 2.53. The Balaban J connectivity index is 2.53. The molecule has 0 saturated carbocycles. The molecule has 0 aliphatic heterocycles. The number of hydrogen-bond donors (Lipinski definition) is 0. The molecule has 0 aliphatic rings. The van der Waals surface area contributed by atoms with E-state index in [4.69, 9.17) is 4.74 Å². The monoisotopic (exact) mass is 338 g/mol. The Morgan fingerprint density at radius 3 is 1.96 bits per heavy atom. The van der Waals surface area contributed by atoms with Crippen LogP contribution in [0.2, 0.25) is 0 Å². The van der Waals surface area contributed by atoms with Crippen LogP contribution in [-0.2, 0) is 10.3 Å². The van der Waals surface area contributed by atoms with E-state index in [0.717, 1.165) is 19.4 Å². The first-order chi connectivity index (χ1) is 10.9. The normalized spacial score (nSPS) is 15.3. The minimum atomic E-state index is -4.53. The van der Waals surface area contributed by atoms with Gasteiger partial charge in [0.05, 0.1) is 0 Å². The van der Waals surface area contributed by atoms with Gasteiger partial charge in [0.1, 0.15) is 0 Å². The Kier molecular flexibility index (Phi) is 4.53. The van der Waals surface area contributed by atoms with Crippen molar-refractivity contribution in [3.63, 3.8) is 0 Å². The van der Waals surface area contributed by atoms with Crippen molar-refractivity contribution in [2.24, 2.45) is 5.41 Å². The molecule has 1 atom stereocenters. The van der Waals surface area contributed by atoms with Gasteiger partial charge in [-0.25, -0.2) is 0 Å². The fraction of sp³-hybridized carbons (Fsp3) is 0.421. The summed E-state index contributed by atoms with van der Waals surface area (Å²) in [6, 6.07) is 9.47. The van der Waals surface area contributed by atoms with Gasteiger partial charge in [0.2, 0.25) is 0 Å². The van der Waals surface area contributed by atoms with Crippen molar-refractivity contribution >= 4 is 16.6 Å². The molecule has 0 amide bonds. The predicted octanol–water partition coefficient (Wildman–Crippen LogP) is 5.49. The maximum Gasteiger partial charge on any atom is 0.421 e. The van der Waals surface area contributed by atoms with Gasteiger partial charge in [-0.15, -0.1) is 0 Å². The van der Waals surface area contributed by atoms with Gasteiger partial charge in [-0.3, -0.25) is 4.79 Å². The molecule has 24 heavy (non-hydrogen) atoms. The molecule has 130 valence electrons. The topological polar surface area (TPSA) is 26.3 Å². The van der Waals surface area contributed by atoms with Gasteiger partial charge in [-0.2, -0.15) is 13.2 Å². The van der Waals surface area contributed by atoms with E-state index < -0.39 is 17.2 Å². The van der Waals surface area contributed by atoms with Gasteiger partial charge >= 0.3 is 6.18 Å². The van der Waals surface area contributed by atoms with Crippen molar-refractivity contribution in [3.8, 4) is 0 Å². The molecule has 0 saturated heterocycles. The Hall–Kier alpha value is -1.88. The average Bonchev–Trinajstić information content (AvgIpc) is 2.50. The van der Waals surface area contributed by atoms with Crippen LogP contribution >= 0.6 is 0 Å². The van der Waals surface area contributed by atoms with Crippen LogP contribution < -0.4 is 0 Å². The number of halogens is 3. The van der Waals surface area contributed by atoms with Crippen molar-refractivity contribution in [2.45, 2.75) is 39.5 Å². The Morgan fingerprint density at radius 1 is 0.917 bits per heavy atom. The number of benzene rings is 2. The lowest BCUT2D eigenvalue weighted by atomic mass is 9.85. The summed E-state index contributed by atoms with van der Waals surface area (Å²) >= 11 is 0. The number of Topliss-reactive ketones (excluding diaryl/α,β-unsaturated/α-hetero) is 1. The number of carbonyl (C=O) groups excluding carboxylic acids is 1. The van der Waals surface area contributed by atoms with Gasteiger partial charge in [-0.1, -0.05) is 45.0 Å². The second-order valence-corrected chi connectivity index (χ2v) is 7.09. The molecular weight excluding hydrogens is 317 g/mol. The predicted molar refractivity (Wildman–Crippen MR) is 88.1 cm³/mol. The largest absolute Gasteiger partial charge is 0.421 e. The molecule has 2 aromatic rings. The van der Waals surface area contributed by atoms with Crippen LogP contribution in [-0.4, -0.2) is 19.1 Å². The van der Waals surface area contributed by atoms with Crippen LogP contribution in [0.5, 0.6) is 0 Å². The molecule has 2 nitrogen and oxygen atoms in total. The fourth-order valence-electron chi connectivity index (χ4n) is 2.51. The first-order valence-electron chi connectivity index (χ1n) is 7.61. The number of alkyl halides is 3. The zero-order chi connectivity index (χ0) is 18.3. The number of fused-ring (bicyclic) bond motifs is 1. The molecule has 2 rings (SSSR count). The van der Waals surface area contributed by atoms with Crippen LogP contribution in [0.1, 0.15) is 43.6 Å². The minimum absolute atomic E-state index is 0.00880. The first-order valence-corrected chi connectivity index (χ1v) is 7.61. The molecule has 0 fully saturated rings. The van der Waals surface area contributed by atoms with E-state index in [1.165, 1.54) is 12.1 Å². The summed E-state index contributed by atoms with van der Waals surface area (Å²) in [6.07, 6.45) is -4.53. The summed E-state index contributed by atoms with van der Waals surface area (Å²) in [5.74, 6) is -0.00880. The van der Waals surface area contributed by atoms with Gasteiger partial charge in [0.25, 0.3) is 0 Å². The molecule has 0 bridgehead atoms. The van der Waals surface area contributed by atoms with Gasteiger partial charge in [0.15, 0.2) is 11.4 Å². The Bertz CT molecular complexity index is 772. The maximum absolute atomic E-state index is 13.3. The van der Waals surface area contributed by atoms with E-state index in [1.54, 1.807) is 24.3 Å². The number of hydrogen-bond acceptors (Lipinski definition) is 2. The number of carbonyl (C=O) groups is 1. The number of rotatable bonds is 3. The smallest absolute Gasteiger partial charge is 0.364 e. The van der Waals surface area contributed by atoms with Crippen LogP contribution in [0.15, 0.2) is 36.4 Å². The zero-order valence-electron chi connectivity index (χ0n) is 14.4. The van der Waals surface area contributed by atoms with Crippen molar-refractivity contribution in [1.29, 1.82) is 0 Å². The second kappa shape index (κ2) is 5.88. The van der Waals surface area contributed by atoms with Crippen LogP contribution in [0.4, 0.5) is 13.2 Å². The van der Waals surface area contributed by atoms with Gasteiger partial charge < -0.3 is 4.74 Å². The summed E-state index contributed by atoms with van der Waals surface area (Å²) in [5, 5.41) is 1.35. The lowest BCUT2D eigenvalue weighted by Crippen LogP contribution is -2.41. The number of ether oxygens (including phenoxy) is 1.